The van der Waals surface area contributed by atoms with Crippen LogP contribution in [0.15, 0.2) is 65.9 Å². The van der Waals surface area contributed by atoms with Crippen molar-refractivity contribution in [2.75, 3.05) is 0 Å². The first-order valence-corrected chi connectivity index (χ1v) is 7.83. The van der Waals surface area contributed by atoms with Crippen LogP contribution in [0.3, 0.4) is 0 Å². The number of carbonyl (C=O) groups is 2. The van der Waals surface area contributed by atoms with Crippen molar-refractivity contribution in [3.63, 3.8) is 0 Å². The normalized spacial score (nSPS) is 17.5. The Morgan fingerprint density at radius 2 is 1.62 bits per heavy atom. The quantitative estimate of drug-likeness (QED) is 0.806. The SMILES string of the molecule is CC1=C(C(=O)c2ccccc2)C(c2ccccc2C(F)(F)F)NC(=O)N1. The zero-order valence-electron chi connectivity index (χ0n) is 13.7. The molecule has 1 heterocycles. The second-order valence-corrected chi connectivity index (χ2v) is 5.85. The van der Waals surface area contributed by atoms with Gasteiger partial charge in [0.2, 0.25) is 0 Å². The molecule has 4 nitrogen and oxygen atoms in total. The molecule has 0 spiro atoms. The highest BCUT2D eigenvalue weighted by Gasteiger charge is 2.39. The first-order chi connectivity index (χ1) is 12.3. The highest BCUT2D eigenvalue weighted by molar-refractivity contribution is 6.11. The second-order valence-electron chi connectivity index (χ2n) is 5.85. The van der Waals surface area contributed by atoms with E-state index in [1.807, 2.05) is 0 Å². The molecule has 3 rings (SSSR count). The molecule has 1 atom stereocenters. The molecule has 1 aliphatic rings. The summed E-state index contributed by atoms with van der Waals surface area (Å²) in [7, 11) is 0. The topological polar surface area (TPSA) is 58.2 Å². The number of urea groups is 1. The average molecular weight is 360 g/mol. The summed E-state index contributed by atoms with van der Waals surface area (Å²) in [5.41, 5.74) is -0.432. The van der Waals surface area contributed by atoms with Gasteiger partial charge >= 0.3 is 12.2 Å². The van der Waals surface area contributed by atoms with E-state index in [0.717, 1.165) is 6.07 Å². The Morgan fingerprint density at radius 3 is 2.27 bits per heavy atom. The van der Waals surface area contributed by atoms with Gasteiger partial charge in [-0.25, -0.2) is 4.79 Å². The minimum Gasteiger partial charge on any atom is -0.327 e. The molecule has 0 saturated carbocycles. The van der Waals surface area contributed by atoms with Crippen molar-refractivity contribution in [1.29, 1.82) is 0 Å². The number of amides is 2. The highest BCUT2D eigenvalue weighted by atomic mass is 19.4. The first kappa shape index (κ1) is 17.7. The molecule has 2 aromatic carbocycles. The standard InChI is InChI=1S/C19H15F3N2O2/c1-11-15(17(25)12-7-3-2-4-8-12)16(24-18(26)23-11)13-9-5-6-10-14(13)19(20,21)22/h2-10,16H,1H3,(H2,23,24,26). The Labute approximate surface area is 147 Å². The fourth-order valence-corrected chi connectivity index (χ4v) is 2.98. The zero-order valence-corrected chi connectivity index (χ0v) is 13.7. The van der Waals surface area contributed by atoms with Crippen LogP contribution in [-0.4, -0.2) is 11.8 Å². The summed E-state index contributed by atoms with van der Waals surface area (Å²) in [6, 6.07) is 11.3. The summed E-state index contributed by atoms with van der Waals surface area (Å²) in [5, 5.41) is 4.91. The van der Waals surface area contributed by atoms with Crippen LogP contribution in [0.2, 0.25) is 0 Å². The number of benzene rings is 2. The molecule has 2 aromatic rings. The molecule has 2 N–H and O–H groups in total. The number of allylic oxidation sites excluding steroid dienone is 1. The van der Waals surface area contributed by atoms with Crippen LogP contribution in [0.25, 0.3) is 0 Å². The van der Waals surface area contributed by atoms with E-state index in [0.29, 0.717) is 5.56 Å². The first-order valence-electron chi connectivity index (χ1n) is 7.83. The van der Waals surface area contributed by atoms with Crippen molar-refractivity contribution in [2.45, 2.75) is 19.1 Å². The third-order valence-electron chi connectivity index (χ3n) is 4.13. The van der Waals surface area contributed by atoms with E-state index in [9.17, 15) is 22.8 Å². The number of carbonyl (C=O) groups excluding carboxylic acids is 2. The van der Waals surface area contributed by atoms with E-state index in [4.69, 9.17) is 0 Å². The number of rotatable bonds is 3. The predicted molar refractivity (Wildman–Crippen MR) is 89.3 cm³/mol. The molecule has 0 bridgehead atoms. The van der Waals surface area contributed by atoms with E-state index in [-0.39, 0.29) is 16.8 Å². The maximum Gasteiger partial charge on any atom is 0.416 e. The molecule has 7 heteroatoms. The monoisotopic (exact) mass is 360 g/mol. The summed E-state index contributed by atoms with van der Waals surface area (Å²) < 4.78 is 40.3. The van der Waals surface area contributed by atoms with E-state index in [2.05, 4.69) is 10.6 Å². The Balaban J connectivity index is 2.15. The number of alkyl halides is 3. The smallest absolute Gasteiger partial charge is 0.327 e. The largest absolute Gasteiger partial charge is 0.416 e. The number of Topliss-reactive ketones (excluding diaryl/α,β-unsaturated/α-hetero) is 1. The van der Waals surface area contributed by atoms with Crippen molar-refractivity contribution in [3.8, 4) is 0 Å². The molecular weight excluding hydrogens is 345 g/mol. The number of halogens is 3. The minimum atomic E-state index is -4.61. The van der Waals surface area contributed by atoms with Gasteiger partial charge in [0.25, 0.3) is 0 Å². The third-order valence-corrected chi connectivity index (χ3v) is 4.13. The molecule has 0 saturated heterocycles. The molecule has 134 valence electrons. The van der Waals surface area contributed by atoms with Gasteiger partial charge in [-0.15, -0.1) is 0 Å². The van der Waals surface area contributed by atoms with Crippen LogP contribution in [0, 0.1) is 0 Å². The molecule has 0 aromatic heterocycles. The lowest BCUT2D eigenvalue weighted by molar-refractivity contribution is -0.138. The second kappa shape index (κ2) is 6.67. The van der Waals surface area contributed by atoms with E-state index in [1.54, 1.807) is 30.3 Å². The lowest BCUT2D eigenvalue weighted by Gasteiger charge is -2.30. The van der Waals surface area contributed by atoms with Crippen LogP contribution in [0.5, 0.6) is 0 Å². The van der Waals surface area contributed by atoms with Crippen LogP contribution >= 0.6 is 0 Å². The third kappa shape index (κ3) is 3.33. The Kier molecular flexibility index (Phi) is 4.54. The summed E-state index contributed by atoms with van der Waals surface area (Å²) >= 11 is 0. The molecule has 0 aliphatic carbocycles. The van der Waals surface area contributed by atoms with Gasteiger partial charge in [0.15, 0.2) is 5.78 Å². The van der Waals surface area contributed by atoms with Crippen molar-refractivity contribution in [3.05, 3.63) is 82.6 Å². The predicted octanol–water partition coefficient (Wildman–Crippen LogP) is 4.22. The maximum absolute atomic E-state index is 13.4. The van der Waals surface area contributed by atoms with E-state index >= 15 is 0 Å². The van der Waals surface area contributed by atoms with Crippen molar-refractivity contribution in [2.24, 2.45) is 0 Å². The van der Waals surface area contributed by atoms with Crippen LogP contribution in [0.4, 0.5) is 18.0 Å². The van der Waals surface area contributed by atoms with Crippen LogP contribution in [0.1, 0.15) is 34.5 Å². The Morgan fingerprint density at radius 1 is 1.00 bits per heavy atom. The fourth-order valence-electron chi connectivity index (χ4n) is 2.98. The van der Waals surface area contributed by atoms with Crippen LogP contribution in [-0.2, 0) is 6.18 Å². The van der Waals surface area contributed by atoms with Gasteiger partial charge in [-0.2, -0.15) is 13.2 Å². The average Bonchev–Trinajstić information content (AvgIpc) is 2.60. The number of nitrogens with one attached hydrogen (secondary N) is 2. The van der Waals surface area contributed by atoms with Crippen LogP contribution < -0.4 is 10.6 Å². The minimum absolute atomic E-state index is 0.0764. The summed E-state index contributed by atoms with van der Waals surface area (Å²) in [6.45, 7) is 1.50. The van der Waals surface area contributed by atoms with Gasteiger partial charge in [0.1, 0.15) is 0 Å². The number of hydrogen-bond acceptors (Lipinski definition) is 2. The lowest BCUT2D eigenvalue weighted by Crippen LogP contribution is -2.45. The summed E-state index contributed by atoms with van der Waals surface area (Å²) in [4.78, 5) is 24.8. The Bertz CT molecular complexity index is 889. The van der Waals surface area contributed by atoms with Crippen molar-refractivity contribution < 1.29 is 22.8 Å². The summed E-state index contributed by atoms with van der Waals surface area (Å²) in [5.74, 6) is -0.447. The molecule has 1 aliphatic heterocycles. The molecule has 1 unspecified atom stereocenters. The summed E-state index contributed by atoms with van der Waals surface area (Å²) in [6.07, 6.45) is -4.61. The molecule has 0 radical (unpaired) electrons. The highest BCUT2D eigenvalue weighted by Crippen LogP contribution is 2.38. The van der Waals surface area contributed by atoms with Gasteiger partial charge < -0.3 is 10.6 Å². The van der Waals surface area contributed by atoms with Crippen molar-refractivity contribution >= 4 is 11.8 Å². The number of ketones is 1. The van der Waals surface area contributed by atoms with Gasteiger partial charge in [-0.05, 0) is 18.6 Å². The Hall–Kier alpha value is -3.09. The molecule has 0 fully saturated rings. The van der Waals surface area contributed by atoms with E-state index in [1.165, 1.54) is 25.1 Å². The van der Waals surface area contributed by atoms with Crippen molar-refractivity contribution in [1.82, 2.24) is 10.6 Å². The fraction of sp³-hybridized carbons (Fsp3) is 0.158. The molecule has 2 amide bonds. The molecule has 26 heavy (non-hydrogen) atoms. The number of hydrogen-bond donors (Lipinski definition) is 2. The van der Waals surface area contributed by atoms with Gasteiger partial charge in [0, 0.05) is 16.8 Å². The van der Waals surface area contributed by atoms with E-state index < -0.39 is 29.6 Å². The molecular formula is C19H15F3N2O2. The zero-order chi connectivity index (χ0) is 18.9. The van der Waals surface area contributed by atoms with Gasteiger partial charge in [-0.1, -0.05) is 48.5 Å². The maximum atomic E-state index is 13.4. The lowest BCUT2D eigenvalue weighted by atomic mass is 9.87. The van der Waals surface area contributed by atoms with Gasteiger partial charge in [-0.3, -0.25) is 4.79 Å². The van der Waals surface area contributed by atoms with Gasteiger partial charge in [0.05, 0.1) is 11.6 Å².